The van der Waals surface area contributed by atoms with Crippen LogP contribution in [0, 0.1) is 5.92 Å². The Morgan fingerprint density at radius 2 is 2.16 bits per heavy atom. The molecular formula is C14H20BrNO2S. The maximum absolute atomic E-state index is 11.6. The van der Waals surface area contributed by atoms with E-state index in [1.165, 1.54) is 8.66 Å². The Kier molecular flexibility index (Phi) is 5.85. The van der Waals surface area contributed by atoms with Crippen molar-refractivity contribution in [3.63, 3.8) is 0 Å². The molecule has 0 unspecified atom stereocenters. The fourth-order valence-electron chi connectivity index (χ4n) is 2.49. The molecule has 1 N–H and O–H groups in total. The van der Waals surface area contributed by atoms with Crippen molar-refractivity contribution in [2.24, 2.45) is 5.92 Å². The Bertz CT molecular complexity index is 413. The lowest BCUT2D eigenvalue weighted by atomic mass is 9.86. The molecule has 1 saturated carbocycles. The van der Waals surface area contributed by atoms with E-state index in [0.717, 1.165) is 32.2 Å². The molecule has 0 atom stereocenters. The van der Waals surface area contributed by atoms with Gasteiger partial charge in [-0.25, -0.2) is 0 Å². The summed E-state index contributed by atoms with van der Waals surface area (Å²) in [4.78, 5) is 13.0. The zero-order chi connectivity index (χ0) is 13.7. The molecule has 1 aromatic rings. The molecule has 3 nitrogen and oxygen atoms in total. The summed E-state index contributed by atoms with van der Waals surface area (Å²) in [6.45, 7) is 3.28. The van der Waals surface area contributed by atoms with E-state index in [-0.39, 0.29) is 11.9 Å². The maximum Gasteiger partial charge on any atom is 0.308 e. The van der Waals surface area contributed by atoms with E-state index in [1.54, 1.807) is 11.3 Å². The summed E-state index contributed by atoms with van der Waals surface area (Å²) in [6.07, 6.45) is 4.03. The third-order valence-electron chi connectivity index (χ3n) is 3.54. The van der Waals surface area contributed by atoms with Crippen LogP contribution in [-0.2, 0) is 16.1 Å². The van der Waals surface area contributed by atoms with Crippen molar-refractivity contribution in [2.75, 3.05) is 6.61 Å². The number of hydrogen-bond donors (Lipinski definition) is 1. The molecule has 0 spiro atoms. The number of carbonyl (C=O) groups excluding carboxylic acids is 1. The quantitative estimate of drug-likeness (QED) is 0.826. The van der Waals surface area contributed by atoms with Gasteiger partial charge in [-0.05, 0) is 60.7 Å². The molecule has 5 heteroatoms. The molecule has 1 aromatic heterocycles. The molecule has 0 saturated heterocycles. The van der Waals surface area contributed by atoms with Gasteiger partial charge in [-0.15, -0.1) is 11.3 Å². The highest BCUT2D eigenvalue weighted by molar-refractivity contribution is 9.11. The first kappa shape index (κ1) is 15.0. The Balaban J connectivity index is 1.70. The van der Waals surface area contributed by atoms with Crippen LogP contribution in [-0.4, -0.2) is 18.6 Å². The summed E-state index contributed by atoms with van der Waals surface area (Å²) >= 11 is 5.24. The third-order valence-corrected chi connectivity index (χ3v) is 5.16. The summed E-state index contributed by atoms with van der Waals surface area (Å²) < 4.78 is 6.26. The Morgan fingerprint density at radius 3 is 2.74 bits per heavy atom. The molecule has 0 amide bonds. The van der Waals surface area contributed by atoms with Crippen molar-refractivity contribution in [2.45, 2.75) is 45.2 Å². The van der Waals surface area contributed by atoms with Crippen LogP contribution >= 0.6 is 27.3 Å². The van der Waals surface area contributed by atoms with Crippen LogP contribution in [0.25, 0.3) is 0 Å². The molecule has 0 radical (unpaired) electrons. The van der Waals surface area contributed by atoms with Crippen LogP contribution in [0.2, 0.25) is 0 Å². The highest BCUT2D eigenvalue weighted by Gasteiger charge is 2.26. The predicted octanol–water partition coefficient (Wildman–Crippen LogP) is 3.72. The Morgan fingerprint density at radius 1 is 1.42 bits per heavy atom. The van der Waals surface area contributed by atoms with Gasteiger partial charge in [0.2, 0.25) is 0 Å². The van der Waals surface area contributed by atoms with Gasteiger partial charge in [0, 0.05) is 17.5 Å². The van der Waals surface area contributed by atoms with Crippen LogP contribution in [0.5, 0.6) is 0 Å². The van der Waals surface area contributed by atoms with Gasteiger partial charge in [-0.1, -0.05) is 0 Å². The van der Waals surface area contributed by atoms with Crippen molar-refractivity contribution < 1.29 is 9.53 Å². The van der Waals surface area contributed by atoms with E-state index in [1.807, 2.05) is 6.92 Å². The number of carbonyl (C=O) groups is 1. The molecule has 19 heavy (non-hydrogen) atoms. The first-order valence-electron chi connectivity index (χ1n) is 6.83. The Labute approximate surface area is 126 Å². The summed E-state index contributed by atoms with van der Waals surface area (Å²) in [6, 6.07) is 4.76. The van der Waals surface area contributed by atoms with Gasteiger partial charge in [0.15, 0.2) is 0 Å². The molecule has 1 aliphatic rings. The maximum atomic E-state index is 11.6. The van der Waals surface area contributed by atoms with Crippen molar-refractivity contribution in [3.8, 4) is 0 Å². The van der Waals surface area contributed by atoms with Crippen LogP contribution in [0.3, 0.4) is 0 Å². The highest BCUT2D eigenvalue weighted by Crippen LogP contribution is 2.26. The van der Waals surface area contributed by atoms with E-state index in [4.69, 9.17) is 4.74 Å². The zero-order valence-corrected chi connectivity index (χ0v) is 13.6. The average Bonchev–Trinajstić information content (AvgIpc) is 2.83. The number of halogens is 1. The lowest BCUT2D eigenvalue weighted by Gasteiger charge is -2.27. The van der Waals surface area contributed by atoms with E-state index in [9.17, 15) is 4.79 Å². The zero-order valence-electron chi connectivity index (χ0n) is 11.2. The molecule has 1 aliphatic carbocycles. The molecule has 1 fully saturated rings. The number of thiophene rings is 1. The van der Waals surface area contributed by atoms with Gasteiger partial charge in [-0.3, -0.25) is 4.79 Å². The van der Waals surface area contributed by atoms with Gasteiger partial charge in [0.1, 0.15) is 0 Å². The molecule has 1 heterocycles. The monoisotopic (exact) mass is 345 g/mol. The number of esters is 1. The second kappa shape index (κ2) is 7.41. The molecule has 0 bridgehead atoms. The SMILES string of the molecule is CCOC(=O)C1CCC(NCc2ccc(Br)s2)CC1. The van der Waals surface area contributed by atoms with Crippen molar-refractivity contribution in [1.29, 1.82) is 0 Å². The van der Waals surface area contributed by atoms with Crippen LogP contribution < -0.4 is 5.32 Å². The molecule has 0 aromatic carbocycles. The largest absolute Gasteiger partial charge is 0.466 e. The van der Waals surface area contributed by atoms with E-state index < -0.39 is 0 Å². The molecular weight excluding hydrogens is 326 g/mol. The van der Waals surface area contributed by atoms with Crippen LogP contribution in [0.15, 0.2) is 15.9 Å². The van der Waals surface area contributed by atoms with Gasteiger partial charge in [0.25, 0.3) is 0 Å². The van der Waals surface area contributed by atoms with Gasteiger partial charge >= 0.3 is 5.97 Å². The lowest BCUT2D eigenvalue weighted by Crippen LogP contribution is -2.34. The predicted molar refractivity (Wildman–Crippen MR) is 81.2 cm³/mol. The standard InChI is InChI=1S/C14H20BrNO2S/c1-2-18-14(17)10-3-5-11(6-4-10)16-9-12-7-8-13(15)19-12/h7-8,10-11,16H,2-6,9H2,1H3. The van der Waals surface area contributed by atoms with Gasteiger partial charge in [0.05, 0.1) is 16.3 Å². The lowest BCUT2D eigenvalue weighted by molar-refractivity contribution is -0.149. The fourth-order valence-corrected chi connectivity index (χ4v) is 3.92. The summed E-state index contributed by atoms with van der Waals surface area (Å²) in [5.74, 6) is 0.108. The van der Waals surface area contributed by atoms with E-state index in [0.29, 0.717) is 12.6 Å². The first-order valence-corrected chi connectivity index (χ1v) is 8.44. The Hall–Kier alpha value is -0.390. The van der Waals surface area contributed by atoms with Crippen molar-refractivity contribution >= 4 is 33.2 Å². The van der Waals surface area contributed by atoms with Crippen molar-refractivity contribution in [3.05, 3.63) is 20.8 Å². The molecule has 106 valence electrons. The van der Waals surface area contributed by atoms with Crippen LogP contribution in [0.4, 0.5) is 0 Å². The van der Waals surface area contributed by atoms with Gasteiger partial charge < -0.3 is 10.1 Å². The average molecular weight is 346 g/mol. The molecule has 2 rings (SSSR count). The number of nitrogens with one attached hydrogen (secondary N) is 1. The molecule has 0 aliphatic heterocycles. The first-order chi connectivity index (χ1) is 9.19. The minimum Gasteiger partial charge on any atom is -0.466 e. The highest BCUT2D eigenvalue weighted by atomic mass is 79.9. The number of rotatable bonds is 5. The smallest absolute Gasteiger partial charge is 0.308 e. The second-order valence-electron chi connectivity index (χ2n) is 4.89. The topological polar surface area (TPSA) is 38.3 Å². The second-order valence-corrected chi connectivity index (χ2v) is 7.43. The van der Waals surface area contributed by atoms with E-state index in [2.05, 4.69) is 33.4 Å². The van der Waals surface area contributed by atoms with Crippen molar-refractivity contribution in [1.82, 2.24) is 5.32 Å². The summed E-state index contributed by atoms with van der Waals surface area (Å²) in [7, 11) is 0. The minimum atomic E-state index is -0.0110. The number of ether oxygens (including phenoxy) is 1. The normalized spacial score (nSPS) is 23.3. The third kappa shape index (κ3) is 4.58. The number of hydrogen-bond acceptors (Lipinski definition) is 4. The van der Waals surface area contributed by atoms with Gasteiger partial charge in [-0.2, -0.15) is 0 Å². The minimum absolute atomic E-state index is 0.0110. The van der Waals surface area contributed by atoms with E-state index >= 15 is 0 Å². The fraction of sp³-hybridized carbons (Fsp3) is 0.643. The van der Waals surface area contributed by atoms with Crippen LogP contribution in [0.1, 0.15) is 37.5 Å². The summed E-state index contributed by atoms with van der Waals surface area (Å²) in [5.41, 5.74) is 0. The summed E-state index contributed by atoms with van der Waals surface area (Å²) in [5, 5.41) is 3.58.